The van der Waals surface area contributed by atoms with Gasteiger partial charge in [0.25, 0.3) is 0 Å². The molecule has 128 valence electrons. The Hall–Kier alpha value is -1.72. The van der Waals surface area contributed by atoms with Gasteiger partial charge >= 0.3 is 0 Å². The molecule has 1 unspecified atom stereocenters. The van der Waals surface area contributed by atoms with Crippen molar-refractivity contribution in [2.75, 3.05) is 19.7 Å². The van der Waals surface area contributed by atoms with E-state index >= 15 is 0 Å². The highest BCUT2D eigenvalue weighted by atomic mass is 19.1. The SMILES string of the molecule is CCn1ccnc1CN1CC2(COC(Cc3cccc(F)c3)C2)C1. The van der Waals surface area contributed by atoms with Crippen LogP contribution in [-0.4, -0.2) is 40.3 Å². The number of hydrogen-bond acceptors (Lipinski definition) is 3. The molecule has 0 saturated carbocycles. The van der Waals surface area contributed by atoms with Gasteiger partial charge in [-0.25, -0.2) is 9.37 Å². The first kappa shape index (κ1) is 15.8. The van der Waals surface area contributed by atoms with Crippen molar-refractivity contribution in [1.29, 1.82) is 0 Å². The number of halogens is 1. The van der Waals surface area contributed by atoms with Gasteiger partial charge in [0.1, 0.15) is 11.6 Å². The third kappa shape index (κ3) is 3.10. The maximum absolute atomic E-state index is 13.3. The van der Waals surface area contributed by atoms with E-state index in [9.17, 15) is 4.39 Å². The molecule has 2 aromatic rings. The molecule has 0 radical (unpaired) electrons. The van der Waals surface area contributed by atoms with Crippen molar-refractivity contribution >= 4 is 0 Å². The van der Waals surface area contributed by atoms with Crippen LogP contribution in [0.5, 0.6) is 0 Å². The minimum atomic E-state index is -0.165. The Morgan fingerprint density at radius 3 is 3.04 bits per heavy atom. The molecule has 4 nitrogen and oxygen atoms in total. The highest BCUT2D eigenvalue weighted by Crippen LogP contribution is 2.42. The van der Waals surface area contributed by atoms with Crippen LogP contribution < -0.4 is 0 Å². The number of rotatable bonds is 5. The van der Waals surface area contributed by atoms with Crippen molar-refractivity contribution in [2.45, 2.75) is 39.0 Å². The summed E-state index contributed by atoms with van der Waals surface area (Å²) in [5.74, 6) is 0.976. The Bertz CT molecular complexity index is 708. The van der Waals surface area contributed by atoms with Crippen molar-refractivity contribution in [3.05, 3.63) is 53.9 Å². The number of imidazole rings is 1. The predicted molar refractivity (Wildman–Crippen MR) is 90.1 cm³/mol. The van der Waals surface area contributed by atoms with E-state index in [1.807, 2.05) is 18.5 Å². The van der Waals surface area contributed by atoms with Crippen molar-refractivity contribution in [3.63, 3.8) is 0 Å². The molecule has 5 heteroatoms. The number of aryl methyl sites for hydroxylation is 1. The van der Waals surface area contributed by atoms with E-state index in [-0.39, 0.29) is 11.9 Å². The molecule has 3 heterocycles. The molecular formula is C19H24FN3O. The van der Waals surface area contributed by atoms with Crippen LogP contribution in [0.3, 0.4) is 0 Å². The third-order valence-electron chi connectivity index (χ3n) is 5.26. The fourth-order valence-corrected chi connectivity index (χ4v) is 4.17. The summed E-state index contributed by atoms with van der Waals surface area (Å²) in [6.45, 7) is 6.99. The van der Waals surface area contributed by atoms with Crippen LogP contribution in [0, 0.1) is 11.2 Å². The summed E-state index contributed by atoms with van der Waals surface area (Å²) in [7, 11) is 0. The number of hydrogen-bond donors (Lipinski definition) is 0. The zero-order valence-electron chi connectivity index (χ0n) is 14.1. The number of aromatic nitrogens is 2. The van der Waals surface area contributed by atoms with Crippen molar-refractivity contribution in [1.82, 2.24) is 14.5 Å². The monoisotopic (exact) mass is 329 g/mol. The summed E-state index contributed by atoms with van der Waals surface area (Å²) in [6, 6.07) is 6.86. The smallest absolute Gasteiger partial charge is 0.123 e. The fourth-order valence-electron chi connectivity index (χ4n) is 4.17. The first-order chi connectivity index (χ1) is 11.7. The van der Waals surface area contributed by atoms with Gasteiger partial charge in [-0.2, -0.15) is 0 Å². The van der Waals surface area contributed by atoms with Crippen LogP contribution in [0.2, 0.25) is 0 Å². The first-order valence-corrected chi connectivity index (χ1v) is 8.74. The molecule has 0 bridgehead atoms. The minimum Gasteiger partial charge on any atom is -0.377 e. The molecule has 2 fully saturated rings. The van der Waals surface area contributed by atoms with Crippen molar-refractivity contribution in [2.24, 2.45) is 5.41 Å². The van der Waals surface area contributed by atoms with Crippen LogP contribution in [0.1, 0.15) is 24.7 Å². The average Bonchev–Trinajstić information content (AvgIpc) is 3.14. The number of benzene rings is 1. The third-order valence-corrected chi connectivity index (χ3v) is 5.26. The molecule has 24 heavy (non-hydrogen) atoms. The molecule has 2 aliphatic heterocycles. The van der Waals surface area contributed by atoms with Crippen LogP contribution in [-0.2, 0) is 24.2 Å². The van der Waals surface area contributed by atoms with E-state index in [2.05, 4.69) is 21.4 Å². The van der Waals surface area contributed by atoms with E-state index in [0.717, 1.165) is 57.0 Å². The molecule has 1 spiro atoms. The van der Waals surface area contributed by atoms with Gasteiger partial charge in [0.2, 0.25) is 0 Å². The van der Waals surface area contributed by atoms with Crippen LogP contribution in [0.25, 0.3) is 0 Å². The summed E-state index contributed by atoms with van der Waals surface area (Å²) in [5, 5.41) is 0. The highest BCUT2D eigenvalue weighted by Gasteiger charge is 2.48. The topological polar surface area (TPSA) is 30.3 Å². The van der Waals surface area contributed by atoms with E-state index in [4.69, 9.17) is 4.74 Å². The molecule has 2 saturated heterocycles. The zero-order chi connectivity index (χ0) is 16.6. The lowest BCUT2D eigenvalue weighted by Crippen LogP contribution is -2.56. The lowest BCUT2D eigenvalue weighted by atomic mass is 9.77. The van der Waals surface area contributed by atoms with E-state index < -0.39 is 0 Å². The lowest BCUT2D eigenvalue weighted by molar-refractivity contribution is -0.0160. The Balaban J connectivity index is 1.30. The van der Waals surface area contributed by atoms with Gasteiger partial charge in [0.05, 0.1) is 19.3 Å². The number of likely N-dealkylation sites (tertiary alicyclic amines) is 1. The fraction of sp³-hybridized carbons (Fsp3) is 0.526. The summed E-state index contributed by atoms with van der Waals surface area (Å²) in [5.41, 5.74) is 1.32. The summed E-state index contributed by atoms with van der Waals surface area (Å²) >= 11 is 0. The van der Waals surface area contributed by atoms with Gasteiger partial charge in [-0.05, 0) is 37.5 Å². The van der Waals surface area contributed by atoms with Crippen molar-refractivity contribution in [3.8, 4) is 0 Å². The molecule has 0 amide bonds. The molecule has 1 aromatic carbocycles. The lowest BCUT2D eigenvalue weighted by Gasteiger charge is -2.47. The molecule has 0 N–H and O–H groups in total. The van der Waals surface area contributed by atoms with E-state index in [0.29, 0.717) is 5.41 Å². The molecule has 1 aromatic heterocycles. The van der Waals surface area contributed by atoms with Gasteiger partial charge in [-0.1, -0.05) is 12.1 Å². The van der Waals surface area contributed by atoms with Crippen LogP contribution in [0.15, 0.2) is 36.7 Å². The molecule has 0 aliphatic carbocycles. The van der Waals surface area contributed by atoms with E-state index in [1.165, 1.54) is 6.07 Å². The number of nitrogens with zero attached hydrogens (tertiary/aromatic N) is 3. The molecule has 2 aliphatic rings. The van der Waals surface area contributed by atoms with Crippen LogP contribution in [0.4, 0.5) is 4.39 Å². The first-order valence-electron chi connectivity index (χ1n) is 8.74. The van der Waals surface area contributed by atoms with Gasteiger partial charge in [0, 0.05) is 37.4 Å². The quantitative estimate of drug-likeness (QED) is 0.845. The second-order valence-corrected chi connectivity index (χ2v) is 7.25. The Kier molecular flexibility index (Phi) is 4.14. The molecular weight excluding hydrogens is 305 g/mol. The predicted octanol–water partition coefficient (Wildman–Crippen LogP) is 2.88. The zero-order valence-corrected chi connectivity index (χ0v) is 14.1. The molecule has 1 atom stereocenters. The number of ether oxygens (including phenoxy) is 1. The maximum atomic E-state index is 13.3. The van der Waals surface area contributed by atoms with Gasteiger partial charge in [-0.15, -0.1) is 0 Å². The average molecular weight is 329 g/mol. The standard InChI is InChI=1S/C19H24FN3O/c1-2-23-7-6-21-18(23)11-22-12-19(13-22)10-17(24-14-19)9-15-4-3-5-16(20)8-15/h3-8,17H,2,9-14H2,1H3. The second kappa shape index (κ2) is 6.30. The largest absolute Gasteiger partial charge is 0.377 e. The second-order valence-electron chi connectivity index (χ2n) is 7.25. The van der Waals surface area contributed by atoms with Gasteiger partial charge < -0.3 is 9.30 Å². The normalized spacial score (nSPS) is 22.8. The maximum Gasteiger partial charge on any atom is 0.123 e. The Morgan fingerprint density at radius 2 is 2.25 bits per heavy atom. The van der Waals surface area contributed by atoms with Crippen molar-refractivity contribution < 1.29 is 9.13 Å². The van der Waals surface area contributed by atoms with Gasteiger partial charge in [0.15, 0.2) is 0 Å². The summed E-state index contributed by atoms with van der Waals surface area (Å²) in [6.07, 6.45) is 6.01. The molecule has 4 rings (SSSR count). The summed E-state index contributed by atoms with van der Waals surface area (Å²) in [4.78, 5) is 6.90. The van der Waals surface area contributed by atoms with Crippen LogP contribution >= 0.6 is 0 Å². The Morgan fingerprint density at radius 1 is 1.38 bits per heavy atom. The summed E-state index contributed by atoms with van der Waals surface area (Å²) < 4.78 is 21.5. The van der Waals surface area contributed by atoms with Gasteiger partial charge in [-0.3, -0.25) is 4.90 Å². The minimum absolute atomic E-state index is 0.165. The Labute approximate surface area is 142 Å². The van der Waals surface area contributed by atoms with E-state index in [1.54, 1.807) is 12.1 Å². The highest BCUT2D eigenvalue weighted by molar-refractivity contribution is 5.18.